The van der Waals surface area contributed by atoms with E-state index in [1.54, 1.807) is 13.0 Å². The monoisotopic (exact) mass is 315 g/mol. The van der Waals surface area contributed by atoms with Gasteiger partial charge in [0.15, 0.2) is 0 Å². The third-order valence-corrected chi connectivity index (χ3v) is 3.05. The molecule has 1 aromatic carbocycles. The summed E-state index contributed by atoms with van der Waals surface area (Å²) in [5.41, 5.74) is 0.751. The molecule has 0 aliphatic heterocycles. The molecular weight excluding hydrogens is 294 g/mol. The highest BCUT2D eigenvalue weighted by Gasteiger charge is 2.25. The second-order valence-corrected chi connectivity index (χ2v) is 5.33. The van der Waals surface area contributed by atoms with Crippen LogP contribution < -0.4 is 5.32 Å². The van der Waals surface area contributed by atoms with Gasteiger partial charge in [0.1, 0.15) is 19.0 Å². The van der Waals surface area contributed by atoms with E-state index in [0.29, 0.717) is 5.02 Å². The smallest absolute Gasteiger partial charge is 0.407 e. The van der Waals surface area contributed by atoms with Crippen LogP contribution >= 0.6 is 11.6 Å². The second kappa shape index (κ2) is 8.87. The summed E-state index contributed by atoms with van der Waals surface area (Å²) in [6.07, 6.45) is -1.51. The van der Waals surface area contributed by atoms with Gasteiger partial charge in [-0.1, -0.05) is 29.8 Å². The summed E-state index contributed by atoms with van der Waals surface area (Å²) in [5, 5.41) is 3.22. The summed E-state index contributed by atoms with van der Waals surface area (Å²) in [6.45, 7) is 5.55. The van der Waals surface area contributed by atoms with Crippen LogP contribution in [0.3, 0.4) is 0 Å². The van der Waals surface area contributed by atoms with Gasteiger partial charge < -0.3 is 19.5 Å². The molecule has 0 aliphatic carbocycles. The zero-order valence-corrected chi connectivity index (χ0v) is 13.5. The molecule has 118 valence electrons. The van der Waals surface area contributed by atoms with Crippen molar-refractivity contribution in [3.05, 3.63) is 34.9 Å². The Bertz CT molecular complexity index is 453. The molecule has 0 aliphatic rings. The maximum absolute atomic E-state index is 11.7. The summed E-state index contributed by atoms with van der Waals surface area (Å²) in [5.74, 6) is 0. The number of hydrogen-bond donors (Lipinski definition) is 1. The first-order valence-corrected chi connectivity index (χ1v) is 7.15. The molecule has 1 N–H and O–H groups in total. The molecule has 1 rings (SSSR count). The van der Waals surface area contributed by atoms with Gasteiger partial charge in [0.05, 0.1) is 0 Å². The van der Waals surface area contributed by atoms with Gasteiger partial charge in [-0.15, -0.1) is 0 Å². The number of carbonyl (C=O) groups excluding carboxylic acids is 1. The van der Waals surface area contributed by atoms with Crippen LogP contribution in [-0.2, 0) is 14.2 Å². The predicted molar refractivity (Wildman–Crippen MR) is 81.4 cm³/mol. The molecule has 0 unspecified atom stereocenters. The van der Waals surface area contributed by atoms with Crippen molar-refractivity contribution in [1.29, 1.82) is 0 Å². The van der Waals surface area contributed by atoms with Crippen LogP contribution in [0.4, 0.5) is 4.79 Å². The number of rotatable bonds is 7. The van der Waals surface area contributed by atoms with E-state index >= 15 is 0 Å². The summed E-state index contributed by atoms with van der Waals surface area (Å²) >= 11 is 6.19. The number of hydrogen-bond acceptors (Lipinski definition) is 4. The Morgan fingerprint density at radius 2 is 1.95 bits per heavy atom. The van der Waals surface area contributed by atoms with E-state index < -0.39 is 18.3 Å². The molecule has 2 atom stereocenters. The fraction of sp³-hybridized carbons (Fsp3) is 0.533. The van der Waals surface area contributed by atoms with E-state index in [1.165, 1.54) is 7.11 Å². The fourth-order valence-electron chi connectivity index (χ4n) is 1.83. The summed E-state index contributed by atoms with van der Waals surface area (Å²) < 4.78 is 15.9. The van der Waals surface area contributed by atoms with Gasteiger partial charge in [-0.05, 0) is 26.8 Å². The molecule has 0 bridgehead atoms. The minimum absolute atomic E-state index is 0.00311. The molecule has 0 radical (unpaired) electrons. The van der Waals surface area contributed by atoms with Crippen molar-refractivity contribution in [3.8, 4) is 0 Å². The second-order valence-electron chi connectivity index (χ2n) is 4.92. The van der Waals surface area contributed by atoms with Gasteiger partial charge in [0.2, 0.25) is 0 Å². The van der Waals surface area contributed by atoms with Crippen LogP contribution in [0.15, 0.2) is 24.3 Å². The van der Waals surface area contributed by atoms with E-state index in [1.807, 2.05) is 32.0 Å². The molecule has 0 aromatic heterocycles. The van der Waals surface area contributed by atoms with Crippen LogP contribution in [0.5, 0.6) is 0 Å². The van der Waals surface area contributed by atoms with Gasteiger partial charge in [0, 0.05) is 23.7 Å². The van der Waals surface area contributed by atoms with E-state index in [0.717, 1.165) is 5.56 Å². The van der Waals surface area contributed by atoms with E-state index in [4.69, 9.17) is 25.8 Å². The third-order valence-electron chi connectivity index (χ3n) is 2.70. The quantitative estimate of drug-likeness (QED) is 0.782. The maximum Gasteiger partial charge on any atom is 0.407 e. The van der Waals surface area contributed by atoms with Crippen molar-refractivity contribution in [2.24, 2.45) is 0 Å². The number of alkyl carbamates (subject to hydrolysis) is 1. The van der Waals surface area contributed by atoms with Crippen LogP contribution in [0.2, 0.25) is 5.02 Å². The third kappa shape index (κ3) is 5.91. The number of methoxy groups -OCH3 is 1. The molecule has 0 fully saturated rings. The normalized spacial score (nSPS) is 13.8. The number of amides is 1. The molecule has 1 aromatic rings. The minimum atomic E-state index is -0.515. The maximum atomic E-state index is 11.7. The summed E-state index contributed by atoms with van der Waals surface area (Å²) in [6, 6.07) is 7.29. The number of benzene rings is 1. The molecule has 0 spiro atoms. The minimum Gasteiger partial charge on any atom is -0.443 e. The molecule has 0 saturated heterocycles. The highest BCUT2D eigenvalue weighted by atomic mass is 35.5. The molecule has 6 heteroatoms. The van der Waals surface area contributed by atoms with E-state index in [2.05, 4.69) is 5.32 Å². The Morgan fingerprint density at radius 1 is 1.29 bits per heavy atom. The van der Waals surface area contributed by atoms with Crippen LogP contribution in [-0.4, -0.2) is 32.1 Å². The first kappa shape index (κ1) is 17.8. The van der Waals surface area contributed by atoms with Crippen molar-refractivity contribution in [3.63, 3.8) is 0 Å². The molecule has 1 amide bonds. The number of halogens is 1. The lowest BCUT2D eigenvalue weighted by atomic mass is 10.1. The summed E-state index contributed by atoms with van der Waals surface area (Å²) in [7, 11) is 1.53. The van der Waals surface area contributed by atoms with Crippen LogP contribution in [0.1, 0.15) is 32.4 Å². The lowest BCUT2D eigenvalue weighted by Gasteiger charge is -2.25. The van der Waals surface area contributed by atoms with Gasteiger partial charge in [-0.3, -0.25) is 0 Å². The van der Waals surface area contributed by atoms with Gasteiger partial charge >= 0.3 is 6.09 Å². The average molecular weight is 316 g/mol. The zero-order valence-electron chi connectivity index (χ0n) is 12.8. The molecule has 21 heavy (non-hydrogen) atoms. The average Bonchev–Trinajstić information content (AvgIpc) is 2.40. The molecule has 0 saturated carbocycles. The standard InChI is InChI=1S/C15H22ClNO4/c1-10(2)17-15(18)21-11(3)14(20-9-19-4)12-7-5-6-8-13(12)16/h5-8,10-11,14H,9H2,1-4H3,(H,17,18)/t11-,14+/m0/s1. The Kier molecular flexibility index (Phi) is 7.50. The highest BCUT2D eigenvalue weighted by Crippen LogP contribution is 2.29. The van der Waals surface area contributed by atoms with Crippen molar-refractivity contribution < 1.29 is 19.0 Å². The Morgan fingerprint density at radius 3 is 2.52 bits per heavy atom. The Labute approximate surface area is 130 Å². The van der Waals surface area contributed by atoms with Crippen LogP contribution in [0.25, 0.3) is 0 Å². The first-order valence-electron chi connectivity index (χ1n) is 6.77. The molecular formula is C15H22ClNO4. The first-order chi connectivity index (χ1) is 9.95. The van der Waals surface area contributed by atoms with Crippen molar-refractivity contribution in [2.75, 3.05) is 13.9 Å². The van der Waals surface area contributed by atoms with E-state index in [9.17, 15) is 4.79 Å². The Hall–Kier alpha value is -1.30. The van der Waals surface area contributed by atoms with E-state index in [-0.39, 0.29) is 12.8 Å². The lowest BCUT2D eigenvalue weighted by Crippen LogP contribution is -2.35. The molecule has 5 nitrogen and oxygen atoms in total. The van der Waals surface area contributed by atoms with Gasteiger partial charge in [-0.25, -0.2) is 4.79 Å². The fourth-order valence-corrected chi connectivity index (χ4v) is 2.07. The summed E-state index contributed by atoms with van der Waals surface area (Å²) in [4.78, 5) is 11.7. The zero-order chi connectivity index (χ0) is 15.8. The van der Waals surface area contributed by atoms with Crippen LogP contribution in [0, 0.1) is 0 Å². The topological polar surface area (TPSA) is 56.8 Å². The largest absolute Gasteiger partial charge is 0.443 e. The lowest BCUT2D eigenvalue weighted by molar-refractivity contribution is -0.112. The predicted octanol–water partition coefficient (Wildman–Crippen LogP) is 3.52. The van der Waals surface area contributed by atoms with Crippen molar-refractivity contribution in [1.82, 2.24) is 5.32 Å². The number of nitrogens with one attached hydrogen (secondary N) is 1. The number of ether oxygens (including phenoxy) is 3. The van der Waals surface area contributed by atoms with Crippen molar-refractivity contribution >= 4 is 17.7 Å². The molecule has 0 heterocycles. The van der Waals surface area contributed by atoms with Gasteiger partial charge in [0.25, 0.3) is 0 Å². The van der Waals surface area contributed by atoms with Gasteiger partial charge in [-0.2, -0.15) is 0 Å². The highest BCUT2D eigenvalue weighted by molar-refractivity contribution is 6.31. The van der Waals surface area contributed by atoms with Crippen molar-refractivity contribution in [2.45, 2.75) is 39.0 Å². The SMILES string of the molecule is COCO[C@@H](c1ccccc1Cl)[C@H](C)OC(=O)NC(C)C. The Balaban J connectivity index is 2.82. The number of carbonyl (C=O) groups is 1.